The lowest BCUT2D eigenvalue weighted by molar-refractivity contribution is -0.384. The van der Waals surface area contributed by atoms with Crippen LogP contribution in [0.25, 0.3) is 0 Å². The maximum Gasteiger partial charge on any atom is 0.416 e. The lowest BCUT2D eigenvalue weighted by atomic mass is 10.1. The molecule has 0 aliphatic carbocycles. The molecule has 0 aromatic heterocycles. The van der Waals surface area contributed by atoms with Crippen LogP contribution in [0.2, 0.25) is 0 Å². The van der Waals surface area contributed by atoms with E-state index >= 15 is 0 Å². The van der Waals surface area contributed by atoms with Gasteiger partial charge in [0.05, 0.1) is 27.0 Å². The van der Waals surface area contributed by atoms with E-state index in [4.69, 9.17) is 16.7 Å². The summed E-state index contributed by atoms with van der Waals surface area (Å²) < 4.78 is 36.3. The molecule has 0 aliphatic heterocycles. The van der Waals surface area contributed by atoms with Crippen LogP contribution in [0.3, 0.4) is 0 Å². The van der Waals surface area contributed by atoms with E-state index in [0.717, 1.165) is 12.1 Å². The Kier molecular flexibility index (Phi) is 6.05. The molecule has 26 heavy (non-hydrogen) atoms. The predicted molar refractivity (Wildman–Crippen MR) is 84.7 cm³/mol. The number of hydrogen-bond acceptors (Lipinski definition) is 7. The molecule has 4 N–H and O–H groups in total. The van der Waals surface area contributed by atoms with Crippen LogP contribution < -0.4 is 11.5 Å². The molecule has 0 saturated heterocycles. The Morgan fingerprint density at radius 3 is 1.81 bits per heavy atom. The summed E-state index contributed by atoms with van der Waals surface area (Å²) in [6, 6.07) is 7.69. The Morgan fingerprint density at radius 1 is 0.923 bits per heavy atom. The van der Waals surface area contributed by atoms with Gasteiger partial charge in [-0.3, -0.25) is 20.2 Å². The van der Waals surface area contributed by atoms with Gasteiger partial charge in [0.15, 0.2) is 0 Å². The molecule has 9 nitrogen and oxygen atoms in total. The van der Waals surface area contributed by atoms with Gasteiger partial charge in [0.1, 0.15) is 11.4 Å². The molecule has 0 saturated carbocycles. The number of nitro benzene ring substituents is 2. The van der Waals surface area contributed by atoms with Crippen LogP contribution in [0.1, 0.15) is 11.1 Å². The smallest absolute Gasteiger partial charge is 0.393 e. The fourth-order valence-corrected chi connectivity index (χ4v) is 1.65. The second-order valence-corrected chi connectivity index (χ2v) is 4.67. The number of anilines is 2. The standard InChI is InChI=1S/C7H5F3N2O2.C7H5N3O2/c8-7(9,10)4-1-2-5(11)6(3-4)12(13)14;8-4-5-1-2-6(9)7(3-5)10(11)12/h1-3H,11H2;1-3H,9H2. The lowest BCUT2D eigenvalue weighted by Crippen LogP contribution is -2.06. The minimum atomic E-state index is -4.60. The Balaban J connectivity index is 0.000000263. The van der Waals surface area contributed by atoms with Crippen molar-refractivity contribution < 1.29 is 23.0 Å². The van der Waals surface area contributed by atoms with Crippen molar-refractivity contribution in [3.05, 3.63) is 67.8 Å². The minimum Gasteiger partial charge on any atom is -0.393 e. The van der Waals surface area contributed by atoms with Crippen LogP contribution in [0.4, 0.5) is 35.9 Å². The first-order valence-electron chi connectivity index (χ1n) is 6.52. The zero-order valence-electron chi connectivity index (χ0n) is 12.7. The van der Waals surface area contributed by atoms with Gasteiger partial charge in [-0.2, -0.15) is 18.4 Å². The van der Waals surface area contributed by atoms with Gasteiger partial charge in [-0.25, -0.2) is 0 Å². The first-order valence-corrected chi connectivity index (χ1v) is 6.52. The van der Waals surface area contributed by atoms with Crippen molar-refractivity contribution >= 4 is 22.7 Å². The normalized spacial score (nSPS) is 10.2. The maximum atomic E-state index is 12.1. The summed E-state index contributed by atoms with van der Waals surface area (Å²) in [7, 11) is 0. The molecule has 136 valence electrons. The van der Waals surface area contributed by atoms with Gasteiger partial charge in [-0.05, 0) is 24.3 Å². The molecule has 12 heteroatoms. The molecule has 0 amide bonds. The average molecular weight is 369 g/mol. The molecule has 0 spiro atoms. The SMILES string of the molecule is N#Cc1ccc(N)c([N+](=O)[O-])c1.Nc1ccc(C(F)(F)F)cc1[N+](=O)[O-]. The highest BCUT2D eigenvalue weighted by molar-refractivity contribution is 5.61. The third-order valence-corrected chi connectivity index (χ3v) is 2.91. The summed E-state index contributed by atoms with van der Waals surface area (Å²) >= 11 is 0. The largest absolute Gasteiger partial charge is 0.416 e. The second-order valence-electron chi connectivity index (χ2n) is 4.67. The second kappa shape index (κ2) is 7.79. The number of hydrogen-bond donors (Lipinski definition) is 2. The van der Waals surface area contributed by atoms with Crippen molar-refractivity contribution in [2.45, 2.75) is 6.18 Å². The first kappa shape index (κ1) is 20.2. The number of alkyl halides is 3. The number of nitrogens with two attached hydrogens (primary N) is 2. The van der Waals surface area contributed by atoms with Crippen molar-refractivity contribution in [2.75, 3.05) is 11.5 Å². The average Bonchev–Trinajstić information content (AvgIpc) is 2.54. The third kappa shape index (κ3) is 5.06. The lowest BCUT2D eigenvalue weighted by Gasteiger charge is -2.06. The van der Waals surface area contributed by atoms with E-state index < -0.39 is 27.3 Å². The van der Waals surface area contributed by atoms with Gasteiger partial charge < -0.3 is 11.5 Å². The molecule has 0 heterocycles. The van der Waals surface area contributed by atoms with Crippen LogP contribution in [0, 0.1) is 31.6 Å². The molecule has 0 aliphatic rings. The molecule has 0 atom stereocenters. The van der Waals surface area contributed by atoms with Gasteiger partial charge in [-0.1, -0.05) is 0 Å². The minimum absolute atomic E-state index is 0.0685. The summed E-state index contributed by atoms with van der Waals surface area (Å²) in [4.78, 5) is 19.0. The Morgan fingerprint density at radius 2 is 1.38 bits per heavy atom. The van der Waals surface area contributed by atoms with E-state index in [1.54, 1.807) is 6.07 Å². The highest BCUT2D eigenvalue weighted by atomic mass is 19.4. The van der Waals surface area contributed by atoms with Gasteiger partial charge in [-0.15, -0.1) is 0 Å². The van der Waals surface area contributed by atoms with Crippen LogP contribution in [0.15, 0.2) is 36.4 Å². The van der Waals surface area contributed by atoms with E-state index in [-0.39, 0.29) is 22.6 Å². The first-order chi connectivity index (χ1) is 12.0. The topological polar surface area (TPSA) is 162 Å². The van der Waals surface area contributed by atoms with E-state index in [9.17, 15) is 33.4 Å². The Labute approximate surface area is 143 Å². The third-order valence-electron chi connectivity index (χ3n) is 2.91. The summed E-state index contributed by atoms with van der Waals surface area (Å²) in [5.41, 5.74) is 8.38. The van der Waals surface area contributed by atoms with Gasteiger partial charge >= 0.3 is 6.18 Å². The fraction of sp³-hybridized carbons (Fsp3) is 0.0714. The van der Waals surface area contributed by atoms with Crippen molar-refractivity contribution in [3.8, 4) is 6.07 Å². The van der Waals surface area contributed by atoms with Crippen LogP contribution >= 0.6 is 0 Å². The van der Waals surface area contributed by atoms with Crippen LogP contribution in [-0.2, 0) is 6.18 Å². The van der Waals surface area contributed by atoms with E-state index in [0.29, 0.717) is 12.1 Å². The van der Waals surface area contributed by atoms with Crippen LogP contribution in [0.5, 0.6) is 0 Å². The number of benzene rings is 2. The number of nitriles is 1. The zero-order chi connectivity index (χ0) is 20.1. The number of rotatable bonds is 2. The number of nitrogen functional groups attached to an aromatic ring is 2. The summed E-state index contributed by atoms with van der Waals surface area (Å²) in [5, 5.41) is 29.0. The van der Waals surface area contributed by atoms with Crippen molar-refractivity contribution in [2.24, 2.45) is 0 Å². The Bertz CT molecular complexity index is 893. The quantitative estimate of drug-likeness (QED) is 0.466. The van der Waals surface area contributed by atoms with E-state index in [2.05, 4.69) is 0 Å². The summed E-state index contributed by atoms with van der Waals surface area (Å²) in [6.07, 6.45) is -4.60. The fourth-order valence-electron chi connectivity index (χ4n) is 1.65. The number of nitrogens with zero attached hydrogens (tertiary/aromatic N) is 3. The molecule has 0 fully saturated rings. The van der Waals surface area contributed by atoms with E-state index in [1.165, 1.54) is 12.1 Å². The molecule has 0 unspecified atom stereocenters. The molecular weight excluding hydrogens is 359 g/mol. The Hall–Kier alpha value is -3.88. The summed E-state index contributed by atoms with van der Waals surface area (Å²) in [6.45, 7) is 0. The molecule has 0 bridgehead atoms. The van der Waals surface area contributed by atoms with E-state index in [1.807, 2.05) is 0 Å². The zero-order valence-corrected chi connectivity index (χ0v) is 12.7. The highest BCUT2D eigenvalue weighted by Crippen LogP contribution is 2.33. The molecule has 2 aromatic carbocycles. The highest BCUT2D eigenvalue weighted by Gasteiger charge is 2.32. The van der Waals surface area contributed by atoms with Gasteiger partial charge in [0.25, 0.3) is 11.4 Å². The van der Waals surface area contributed by atoms with Gasteiger partial charge in [0, 0.05) is 12.1 Å². The van der Waals surface area contributed by atoms with Crippen molar-refractivity contribution in [1.29, 1.82) is 5.26 Å². The monoisotopic (exact) mass is 369 g/mol. The molecule has 2 rings (SSSR count). The summed E-state index contributed by atoms with van der Waals surface area (Å²) in [5.74, 6) is 0. The van der Waals surface area contributed by atoms with Crippen molar-refractivity contribution in [3.63, 3.8) is 0 Å². The maximum absolute atomic E-state index is 12.1. The predicted octanol–water partition coefficient (Wildman–Crippen LogP) is 3.24. The van der Waals surface area contributed by atoms with Crippen LogP contribution in [-0.4, -0.2) is 9.85 Å². The number of nitro groups is 2. The molecule has 0 radical (unpaired) electrons. The van der Waals surface area contributed by atoms with Gasteiger partial charge in [0.2, 0.25) is 0 Å². The number of halogens is 3. The molecule has 2 aromatic rings. The van der Waals surface area contributed by atoms with Crippen molar-refractivity contribution in [1.82, 2.24) is 0 Å². The molecular formula is C14H10F3N5O4.